The monoisotopic (exact) mass is 366 g/mol. The maximum atomic E-state index is 12.5. The molecule has 0 spiro atoms. The molecule has 1 aromatic heterocycles. The summed E-state index contributed by atoms with van der Waals surface area (Å²) < 4.78 is 15.4. The molecule has 0 unspecified atom stereocenters. The molecular formula is C20H18N2O5. The van der Waals surface area contributed by atoms with Crippen LogP contribution >= 0.6 is 0 Å². The molecule has 0 saturated carbocycles. The Bertz CT molecular complexity index is 950. The van der Waals surface area contributed by atoms with Crippen LogP contribution in [0.3, 0.4) is 0 Å². The average molecular weight is 366 g/mol. The number of aromatic nitrogens is 1. The first-order chi connectivity index (χ1) is 13.1. The van der Waals surface area contributed by atoms with E-state index in [2.05, 4.69) is 10.5 Å². The molecule has 0 atom stereocenters. The Morgan fingerprint density at radius 3 is 2.52 bits per heavy atom. The lowest BCUT2D eigenvalue weighted by Crippen LogP contribution is -2.21. The molecule has 3 rings (SSSR count). The van der Waals surface area contributed by atoms with Crippen molar-refractivity contribution in [3.05, 3.63) is 65.9 Å². The lowest BCUT2D eigenvalue weighted by molar-refractivity contribution is -0.119. The summed E-state index contributed by atoms with van der Waals surface area (Å²) in [5, 5.41) is 6.57. The largest absolute Gasteiger partial charge is 0.495 e. The van der Waals surface area contributed by atoms with Crippen molar-refractivity contribution in [3.8, 4) is 17.0 Å². The van der Waals surface area contributed by atoms with Crippen LogP contribution in [0, 0.1) is 6.92 Å². The van der Waals surface area contributed by atoms with E-state index in [1.165, 1.54) is 7.11 Å². The summed E-state index contributed by atoms with van der Waals surface area (Å²) in [6, 6.07) is 16.1. The first kappa shape index (κ1) is 18.2. The zero-order chi connectivity index (χ0) is 19.2. The summed E-state index contributed by atoms with van der Waals surface area (Å²) in [5.41, 5.74) is 1.79. The number of para-hydroxylation sites is 2. The number of nitrogens with one attached hydrogen (secondary N) is 1. The van der Waals surface area contributed by atoms with E-state index in [1.54, 1.807) is 31.2 Å². The number of carbonyl (C=O) groups is 2. The van der Waals surface area contributed by atoms with Gasteiger partial charge < -0.3 is 19.3 Å². The van der Waals surface area contributed by atoms with Crippen molar-refractivity contribution in [2.24, 2.45) is 0 Å². The topological polar surface area (TPSA) is 90.7 Å². The fourth-order valence-electron chi connectivity index (χ4n) is 2.54. The number of benzene rings is 2. The van der Waals surface area contributed by atoms with Crippen molar-refractivity contribution in [2.75, 3.05) is 19.0 Å². The van der Waals surface area contributed by atoms with Gasteiger partial charge in [-0.05, 0) is 19.1 Å². The van der Waals surface area contributed by atoms with Crippen molar-refractivity contribution in [3.63, 3.8) is 0 Å². The van der Waals surface area contributed by atoms with Crippen LogP contribution in [0.4, 0.5) is 5.69 Å². The van der Waals surface area contributed by atoms with Crippen LogP contribution in [0.5, 0.6) is 5.75 Å². The molecule has 0 radical (unpaired) electrons. The summed E-state index contributed by atoms with van der Waals surface area (Å²) >= 11 is 0. The molecule has 0 fully saturated rings. The second-order valence-corrected chi connectivity index (χ2v) is 5.65. The van der Waals surface area contributed by atoms with Crippen LogP contribution < -0.4 is 10.1 Å². The molecule has 27 heavy (non-hydrogen) atoms. The van der Waals surface area contributed by atoms with Gasteiger partial charge in [-0.25, -0.2) is 4.79 Å². The smallest absolute Gasteiger partial charge is 0.344 e. The van der Waals surface area contributed by atoms with Crippen LogP contribution in [0.2, 0.25) is 0 Å². The minimum atomic E-state index is -0.678. The van der Waals surface area contributed by atoms with Gasteiger partial charge in [0.05, 0.1) is 12.8 Å². The molecular weight excluding hydrogens is 348 g/mol. The number of hydrogen-bond donors (Lipinski definition) is 1. The summed E-state index contributed by atoms with van der Waals surface area (Å²) in [6.45, 7) is 1.17. The van der Waals surface area contributed by atoms with Gasteiger partial charge in [0, 0.05) is 5.56 Å². The van der Waals surface area contributed by atoms with Gasteiger partial charge in [0.25, 0.3) is 5.91 Å². The molecule has 0 aliphatic rings. The molecule has 1 amide bonds. The predicted molar refractivity (Wildman–Crippen MR) is 98.6 cm³/mol. The van der Waals surface area contributed by atoms with E-state index >= 15 is 0 Å². The second kappa shape index (κ2) is 8.18. The number of carbonyl (C=O) groups excluding carboxylic acids is 2. The number of aryl methyl sites for hydroxylation is 1. The summed E-state index contributed by atoms with van der Waals surface area (Å²) in [4.78, 5) is 24.6. The standard InChI is InChI=1S/C20H18N2O5/c1-13-18(19(22-27-13)14-8-4-3-5-9-14)20(24)26-12-17(23)21-15-10-6-7-11-16(15)25-2/h3-11H,12H2,1-2H3,(H,21,23). The Kier molecular flexibility index (Phi) is 5.51. The zero-order valence-electron chi connectivity index (χ0n) is 14.9. The third kappa shape index (κ3) is 4.14. The van der Waals surface area contributed by atoms with E-state index in [9.17, 15) is 9.59 Å². The highest BCUT2D eigenvalue weighted by Gasteiger charge is 2.23. The van der Waals surface area contributed by atoms with Gasteiger partial charge in [0.1, 0.15) is 22.8 Å². The summed E-state index contributed by atoms with van der Waals surface area (Å²) in [5.74, 6) is -0.326. The van der Waals surface area contributed by atoms with E-state index in [4.69, 9.17) is 14.0 Å². The number of anilines is 1. The number of methoxy groups -OCH3 is 1. The van der Waals surface area contributed by atoms with Crippen LogP contribution in [-0.2, 0) is 9.53 Å². The SMILES string of the molecule is COc1ccccc1NC(=O)COC(=O)c1c(-c2ccccc2)noc1C. The number of esters is 1. The Hall–Kier alpha value is -3.61. The number of amides is 1. The molecule has 0 aliphatic heterocycles. The van der Waals surface area contributed by atoms with Gasteiger partial charge in [-0.3, -0.25) is 4.79 Å². The van der Waals surface area contributed by atoms with Crippen molar-refractivity contribution in [2.45, 2.75) is 6.92 Å². The number of ether oxygens (including phenoxy) is 2. The normalized spacial score (nSPS) is 10.3. The second-order valence-electron chi connectivity index (χ2n) is 5.65. The van der Waals surface area contributed by atoms with Crippen LogP contribution in [-0.4, -0.2) is 30.7 Å². The molecule has 0 saturated heterocycles. The maximum Gasteiger partial charge on any atom is 0.344 e. The zero-order valence-corrected chi connectivity index (χ0v) is 14.9. The molecule has 1 heterocycles. The van der Waals surface area contributed by atoms with E-state index in [0.29, 0.717) is 22.9 Å². The third-order valence-electron chi connectivity index (χ3n) is 3.83. The highest BCUT2D eigenvalue weighted by atomic mass is 16.5. The maximum absolute atomic E-state index is 12.5. The fourth-order valence-corrected chi connectivity index (χ4v) is 2.54. The number of rotatable bonds is 6. The molecule has 1 N–H and O–H groups in total. The van der Waals surface area contributed by atoms with Crippen LogP contribution in [0.1, 0.15) is 16.1 Å². The first-order valence-electron chi connectivity index (χ1n) is 8.22. The summed E-state index contributed by atoms with van der Waals surface area (Å²) in [6.07, 6.45) is 0. The lowest BCUT2D eigenvalue weighted by atomic mass is 10.1. The molecule has 0 aliphatic carbocycles. The van der Waals surface area contributed by atoms with Gasteiger partial charge in [-0.2, -0.15) is 0 Å². The molecule has 7 heteroatoms. The Morgan fingerprint density at radius 2 is 1.78 bits per heavy atom. The molecule has 7 nitrogen and oxygen atoms in total. The Balaban J connectivity index is 1.68. The van der Waals surface area contributed by atoms with Gasteiger partial charge in [0.15, 0.2) is 6.61 Å². The van der Waals surface area contributed by atoms with E-state index in [1.807, 2.05) is 30.3 Å². The predicted octanol–water partition coefficient (Wildman–Crippen LogP) is 3.45. The molecule has 0 bridgehead atoms. The minimum absolute atomic E-state index is 0.200. The van der Waals surface area contributed by atoms with Crippen molar-refractivity contribution in [1.29, 1.82) is 0 Å². The molecule has 2 aromatic carbocycles. The fraction of sp³-hybridized carbons (Fsp3) is 0.150. The lowest BCUT2D eigenvalue weighted by Gasteiger charge is -2.10. The van der Waals surface area contributed by atoms with E-state index in [-0.39, 0.29) is 5.56 Å². The van der Waals surface area contributed by atoms with Crippen molar-refractivity contribution < 1.29 is 23.6 Å². The number of nitrogens with zero attached hydrogens (tertiary/aromatic N) is 1. The van der Waals surface area contributed by atoms with Gasteiger partial charge >= 0.3 is 5.97 Å². The highest BCUT2D eigenvalue weighted by Crippen LogP contribution is 2.26. The summed E-state index contributed by atoms with van der Waals surface area (Å²) in [7, 11) is 1.50. The van der Waals surface area contributed by atoms with Crippen molar-refractivity contribution >= 4 is 17.6 Å². The molecule has 138 valence electrons. The van der Waals surface area contributed by atoms with Gasteiger partial charge in [-0.15, -0.1) is 0 Å². The number of hydrogen-bond acceptors (Lipinski definition) is 6. The quantitative estimate of drug-likeness (QED) is 0.672. The van der Waals surface area contributed by atoms with E-state index < -0.39 is 18.5 Å². The highest BCUT2D eigenvalue weighted by molar-refractivity contribution is 5.99. The van der Waals surface area contributed by atoms with Crippen LogP contribution in [0.25, 0.3) is 11.3 Å². The van der Waals surface area contributed by atoms with Crippen molar-refractivity contribution in [1.82, 2.24) is 5.16 Å². The van der Waals surface area contributed by atoms with Crippen LogP contribution in [0.15, 0.2) is 59.1 Å². The third-order valence-corrected chi connectivity index (χ3v) is 3.83. The Labute approximate surface area is 155 Å². The first-order valence-corrected chi connectivity index (χ1v) is 8.22. The van der Waals surface area contributed by atoms with Gasteiger partial charge in [0.2, 0.25) is 0 Å². The molecule has 3 aromatic rings. The minimum Gasteiger partial charge on any atom is -0.495 e. The van der Waals surface area contributed by atoms with E-state index in [0.717, 1.165) is 5.56 Å². The average Bonchev–Trinajstić information content (AvgIpc) is 3.09. The van der Waals surface area contributed by atoms with Gasteiger partial charge in [-0.1, -0.05) is 47.6 Å². The Morgan fingerprint density at radius 1 is 1.07 bits per heavy atom.